The van der Waals surface area contributed by atoms with Crippen molar-refractivity contribution in [3.05, 3.63) is 46.7 Å². The summed E-state index contributed by atoms with van der Waals surface area (Å²) in [6.07, 6.45) is 5.80. The zero-order valence-corrected chi connectivity index (χ0v) is 15.6. The van der Waals surface area contributed by atoms with Crippen LogP contribution in [0.5, 0.6) is 0 Å². The third-order valence-corrected chi connectivity index (χ3v) is 5.67. The molecular weight excluding hydrogens is 367 g/mol. The molecule has 142 valence electrons. The van der Waals surface area contributed by atoms with Crippen molar-refractivity contribution >= 4 is 23.3 Å². The Labute approximate surface area is 160 Å². The van der Waals surface area contributed by atoms with Gasteiger partial charge in [-0.2, -0.15) is 0 Å². The molecule has 0 aliphatic heterocycles. The average molecular weight is 388 g/mol. The van der Waals surface area contributed by atoms with Crippen molar-refractivity contribution in [3.63, 3.8) is 0 Å². The molecule has 1 N–H and O–H groups in total. The Bertz CT molecular complexity index is 802. The SMILES string of the molecule is O=C(NC1CCCC1)[C@H](c1ccc(F)cc1)N(C(=O)c1csnn1)C1CC1. The molecule has 27 heavy (non-hydrogen) atoms. The van der Waals surface area contributed by atoms with Gasteiger partial charge < -0.3 is 10.2 Å². The Morgan fingerprint density at radius 2 is 1.85 bits per heavy atom. The van der Waals surface area contributed by atoms with Crippen LogP contribution in [-0.4, -0.2) is 38.4 Å². The van der Waals surface area contributed by atoms with Crippen LogP contribution >= 0.6 is 11.5 Å². The molecule has 0 unspecified atom stereocenters. The van der Waals surface area contributed by atoms with Crippen LogP contribution in [0, 0.1) is 5.82 Å². The molecule has 1 aromatic heterocycles. The van der Waals surface area contributed by atoms with Gasteiger partial charge in [-0.3, -0.25) is 9.59 Å². The predicted octanol–water partition coefficient (Wildman–Crippen LogP) is 3.08. The number of rotatable bonds is 6. The molecule has 2 saturated carbocycles. The van der Waals surface area contributed by atoms with Gasteiger partial charge in [0, 0.05) is 17.5 Å². The topological polar surface area (TPSA) is 75.2 Å². The van der Waals surface area contributed by atoms with Gasteiger partial charge in [0.1, 0.15) is 11.9 Å². The van der Waals surface area contributed by atoms with E-state index in [2.05, 4.69) is 14.9 Å². The van der Waals surface area contributed by atoms with Crippen LogP contribution in [0.4, 0.5) is 4.39 Å². The van der Waals surface area contributed by atoms with Gasteiger partial charge in [0.15, 0.2) is 5.69 Å². The molecule has 1 atom stereocenters. The van der Waals surface area contributed by atoms with E-state index in [1.165, 1.54) is 12.1 Å². The predicted molar refractivity (Wildman–Crippen MR) is 98.6 cm³/mol. The summed E-state index contributed by atoms with van der Waals surface area (Å²) >= 11 is 1.10. The summed E-state index contributed by atoms with van der Waals surface area (Å²) in [7, 11) is 0. The number of carbonyl (C=O) groups excluding carboxylic acids is 2. The zero-order chi connectivity index (χ0) is 18.8. The molecule has 2 aliphatic rings. The van der Waals surface area contributed by atoms with Crippen LogP contribution < -0.4 is 5.32 Å². The quantitative estimate of drug-likeness (QED) is 0.825. The van der Waals surface area contributed by atoms with Crippen molar-refractivity contribution in [2.45, 2.75) is 56.7 Å². The molecule has 1 heterocycles. The van der Waals surface area contributed by atoms with Crippen molar-refractivity contribution < 1.29 is 14.0 Å². The van der Waals surface area contributed by atoms with Gasteiger partial charge in [0.05, 0.1) is 0 Å². The molecule has 0 spiro atoms. The molecule has 2 aromatic rings. The van der Waals surface area contributed by atoms with Gasteiger partial charge in [0.2, 0.25) is 5.91 Å². The first kappa shape index (κ1) is 18.0. The number of hydrogen-bond acceptors (Lipinski definition) is 5. The first-order valence-corrected chi connectivity index (χ1v) is 10.1. The third-order valence-electron chi connectivity index (χ3n) is 5.17. The Kier molecular flexibility index (Phi) is 5.15. The first-order valence-electron chi connectivity index (χ1n) is 9.29. The van der Waals surface area contributed by atoms with E-state index in [4.69, 9.17) is 0 Å². The lowest BCUT2D eigenvalue weighted by molar-refractivity contribution is -0.126. The lowest BCUT2D eigenvalue weighted by Gasteiger charge is -2.31. The van der Waals surface area contributed by atoms with Crippen LogP contribution in [0.3, 0.4) is 0 Å². The largest absolute Gasteiger partial charge is 0.351 e. The molecule has 0 radical (unpaired) electrons. The number of aromatic nitrogens is 2. The smallest absolute Gasteiger partial charge is 0.276 e. The fourth-order valence-corrected chi connectivity index (χ4v) is 4.10. The fraction of sp³-hybridized carbons (Fsp3) is 0.474. The van der Waals surface area contributed by atoms with E-state index in [-0.39, 0.29) is 35.4 Å². The highest BCUT2D eigenvalue weighted by molar-refractivity contribution is 7.03. The zero-order valence-electron chi connectivity index (χ0n) is 14.8. The van der Waals surface area contributed by atoms with E-state index in [9.17, 15) is 14.0 Å². The summed E-state index contributed by atoms with van der Waals surface area (Å²) in [5.74, 6) is -0.888. The molecule has 2 aliphatic carbocycles. The third kappa shape index (κ3) is 4.00. The molecule has 2 fully saturated rings. The summed E-state index contributed by atoms with van der Waals surface area (Å²) < 4.78 is 17.2. The first-order chi connectivity index (χ1) is 13.1. The summed E-state index contributed by atoms with van der Waals surface area (Å²) in [4.78, 5) is 27.9. The van der Waals surface area contributed by atoms with Gasteiger partial charge in [0.25, 0.3) is 5.91 Å². The number of nitrogens with one attached hydrogen (secondary N) is 1. The normalized spacial score (nSPS) is 18.3. The average Bonchev–Trinajstić information content (AvgIpc) is 3.11. The Morgan fingerprint density at radius 1 is 1.15 bits per heavy atom. The van der Waals surface area contributed by atoms with Crippen LogP contribution in [0.2, 0.25) is 0 Å². The maximum absolute atomic E-state index is 13.4. The summed E-state index contributed by atoms with van der Waals surface area (Å²) in [5.41, 5.74) is 0.850. The van der Waals surface area contributed by atoms with Gasteiger partial charge in [-0.1, -0.05) is 29.5 Å². The van der Waals surface area contributed by atoms with Gasteiger partial charge in [-0.25, -0.2) is 4.39 Å². The van der Waals surface area contributed by atoms with E-state index in [0.29, 0.717) is 5.56 Å². The summed E-state index contributed by atoms with van der Waals surface area (Å²) in [6, 6.07) is 5.14. The van der Waals surface area contributed by atoms with Crippen LogP contribution in [0.15, 0.2) is 29.6 Å². The molecular formula is C19H21FN4O2S. The maximum atomic E-state index is 13.4. The highest BCUT2D eigenvalue weighted by atomic mass is 32.1. The van der Waals surface area contributed by atoms with Crippen LogP contribution in [-0.2, 0) is 4.79 Å². The minimum absolute atomic E-state index is 0.0106. The molecule has 2 amide bonds. The van der Waals surface area contributed by atoms with E-state index in [0.717, 1.165) is 50.1 Å². The summed E-state index contributed by atoms with van der Waals surface area (Å²) in [6.45, 7) is 0. The Hall–Kier alpha value is -2.35. The number of carbonyl (C=O) groups is 2. The highest BCUT2D eigenvalue weighted by Crippen LogP contribution is 2.36. The van der Waals surface area contributed by atoms with Gasteiger partial charge >= 0.3 is 0 Å². The highest BCUT2D eigenvalue weighted by Gasteiger charge is 2.42. The molecule has 0 bridgehead atoms. The van der Waals surface area contributed by atoms with Gasteiger partial charge in [-0.05, 0) is 54.9 Å². The van der Waals surface area contributed by atoms with Crippen molar-refractivity contribution in [3.8, 4) is 0 Å². The fourth-order valence-electron chi connectivity index (χ4n) is 3.67. The Balaban J connectivity index is 1.67. The van der Waals surface area contributed by atoms with Crippen molar-refractivity contribution in [1.82, 2.24) is 19.8 Å². The van der Waals surface area contributed by atoms with E-state index >= 15 is 0 Å². The number of hydrogen-bond donors (Lipinski definition) is 1. The number of nitrogens with zero attached hydrogens (tertiary/aromatic N) is 3. The minimum atomic E-state index is -0.798. The monoisotopic (exact) mass is 388 g/mol. The van der Waals surface area contributed by atoms with Crippen molar-refractivity contribution in [2.24, 2.45) is 0 Å². The second-order valence-electron chi connectivity index (χ2n) is 7.18. The Morgan fingerprint density at radius 3 is 2.44 bits per heavy atom. The van der Waals surface area contributed by atoms with E-state index in [1.807, 2.05) is 0 Å². The number of amides is 2. The molecule has 4 rings (SSSR count). The summed E-state index contributed by atoms with van der Waals surface area (Å²) in [5, 5.41) is 8.57. The lowest BCUT2D eigenvalue weighted by Crippen LogP contribution is -2.47. The second kappa shape index (κ2) is 7.72. The molecule has 8 heteroatoms. The van der Waals surface area contributed by atoms with Crippen molar-refractivity contribution in [1.29, 1.82) is 0 Å². The van der Waals surface area contributed by atoms with Crippen molar-refractivity contribution in [2.75, 3.05) is 0 Å². The molecule has 1 aromatic carbocycles. The van der Waals surface area contributed by atoms with Crippen LogP contribution in [0.1, 0.15) is 60.6 Å². The lowest BCUT2D eigenvalue weighted by atomic mass is 10.0. The number of halogens is 1. The molecule has 0 saturated heterocycles. The van der Waals surface area contributed by atoms with E-state index in [1.54, 1.807) is 22.4 Å². The minimum Gasteiger partial charge on any atom is -0.351 e. The molecule has 6 nitrogen and oxygen atoms in total. The second-order valence-corrected chi connectivity index (χ2v) is 7.79. The van der Waals surface area contributed by atoms with Crippen LogP contribution in [0.25, 0.3) is 0 Å². The van der Waals surface area contributed by atoms with E-state index < -0.39 is 6.04 Å². The number of benzene rings is 1. The maximum Gasteiger partial charge on any atom is 0.276 e. The van der Waals surface area contributed by atoms with Gasteiger partial charge in [-0.15, -0.1) is 5.10 Å². The standard InChI is InChI=1S/C19H21FN4O2S/c20-13-7-5-12(6-8-13)17(18(25)21-14-3-1-2-4-14)24(15-9-10-15)19(26)16-11-27-23-22-16/h5-8,11,14-15,17H,1-4,9-10H2,(H,21,25)/t17-/m0/s1.